The van der Waals surface area contributed by atoms with E-state index in [1.54, 1.807) is 9.80 Å². The normalized spacial score (nSPS) is 15.9. The van der Waals surface area contributed by atoms with Gasteiger partial charge < -0.3 is 15.5 Å². The fourth-order valence-corrected chi connectivity index (χ4v) is 2.37. The van der Waals surface area contributed by atoms with Crippen molar-refractivity contribution in [2.75, 3.05) is 26.2 Å². The van der Waals surface area contributed by atoms with Crippen molar-refractivity contribution in [3.05, 3.63) is 35.4 Å². The van der Waals surface area contributed by atoms with Crippen LogP contribution < -0.4 is 5.73 Å². The first-order valence-electron chi connectivity index (χ1n) is 7.01. The number of likely N-dealkylation sites (N-methyl/N-ethyl adjacent to an activating group) is 1. The summed E-state index contributed by atoms with van der Waals surface area (Å²) in [6.45, 7) is 4.81. The smallest absolute Gasteiger partial charge is 0.312 e. The van der Waals surface area contributed by atoms with E-state index in [9.17, 15) is 9.59 Å². The predicted molar refractivity (Wildman–Crippen MR) is 76.9 cm³/mol. The van der Waals surface area contributed by atoms with E-state index in [1.807, 2.05) is 31.2 Å². The lowest BCUT2D eigenvalue weighted by molar-refractivity contribution is -0.156. The van der Waals surface area contributed by atoms with E-state index < -0.39 is 11.8 Å². The topological polar surface area (TPSA) is 66.6 Å². The van der Waals surface area contributed by atoms with Gasteiger partial charge in [0.2, 0.25) is 0 Å². The number of hydrogen-bond acceptors (Lipinski definition) is 3. The van der Waals surface area contributed by atoms with Crippen LogP contribution in [0.1, 0.15) is 18.1 Å². The Kier molecular flexibility index (Phi) is 4.74. The molecule has 0 unspecified atom stereocenters. The van der Waals surface area contributed by atoms with Crippen molar-refractivity contribution in [1.29, 1.82) is 0 Å². The molecule has 0 aromatic heterocycles. The molecule has 20 heavy (non-hydrogen) atoms. The molecular formula is C15H21N3O2. The zero-order chi connectivity index (χ0) is 14.5. The fraction of sp³-hybridized carbons (Fsp3) is 0.467. The van der Waals surface area contributed by atoms with Gasteiger partial charge in [0.1, 0.15) is 0 Å². The van der Waals surface area contributed by atoms with E-state index in [4.69, 9.17) is 5.73 Å². The highest BCUT2D eigenvalue weighted by molar-refractivity contribution is 6.35. The third kappa shape index (κ3) is 3.17. The van der Waals surface area contributed by atoms with Gasteiger partial charge in [-0.15, -0.1) is 0 Å². The molecule has 1 heterocycles. The average molecular weight is 275 g/mol. The summed E-state index contributed by atoms with van der Waals surface area (Å²) < 4.78 is 0. The lowest BCUT2D eigenvalue weighted by atomic mass is 10.1. The van der Waals surface area contributed by atoms with Crippen LogP contribution in [0.25, 0.3) is 0 Å². The maximum Gasteiger partial charge on any atom is 0.312 e. The van der Waals surface area contributed by atoms with Crippen LogP contribution in [-0.2, 0) is 22.6 Å². The lowest BCUT2D eigenvalue weighted by Gasteiger charge is -2.33. The second kappa shape index (κ2) is 6.52. The predicted octanol–water partition coefficient (Wildman–Crippen LogP) is 0.378. The minimum Gasteiger partial charge on any atom is -0.333 e. The molecule has 2 N–H and O–H groups in total. The van der Waals surface area contributed by atoms with Crippen LogP contribution in [0.2, 0.25) is 0 Å². The number of carbonyl (C=O) groups excluding carboxylic acids is 2. The molecule has 1 saturated heterocycles. The molecule has 1 aliphatic heterocycles. The van der Waals surface area contributed by atoms with E-state index in [0.29, 0.717) is 32.7 Å². The van der Waals surface area contributed by atoms with Crippen LogP contribution in [0.3, 0.4) is 0 Å². The van der Waals surface area contributed by atoms with Crippen LogP contribution in [0.5, 0.6) is 0 Å². The number of amides is 2. The molecular weight excluding hydrogens is 254 g/mol. The standard InChI is InChI=1S/C15H21N3O2/c1-2-17-9-10-18(15(20)14(17)19)11-13-5-3-12(4-6-13)7-8-16/h3-6H,2,7-11,16H2,1H3. The van der Waals surface area contributed by atoms with E-state index >= 15 is 0 Å². The van der Waals surface area contributed by atoms with Crippen LogP contribution in [0.15, 0.2) is 24.3 Å². The summed E-state index contributed by atoms with van der Waals surface area (Å²) >= 11 is 0. The largest absolute Gasteiger partial charge is 0.333 e. The number of nitrogens with two attached hydrogens (primary N) is 1. The van der Waals surface area contributed by atoms with E-state index in [1.165, 1.54) is 5.56 Å². The first kappa shape index (κ1) is 14.5. The number of rotatable bonds is 5. The first-order valence-corrected chi connectivity index (χ1v) is 7.01. The van der Waals surface area contributed by atoms with Crippen molar-refractivity contribution < 1.29 is 9.59 Å². The van der Waals surface area contributed by atoms with Gasteiger partial charge in [0.25, 0.3) is 0 Å². The van der Waals surface area contributed by atoms with Crippen molar-refractivity contribution >= 4 is 11.8 Å². The maximum atomic E-state index is 12.0. The van der Waals surface area contributed by atoms with E-state index in [-0.39, 0.29) is 0 Å². The molecule has 1 fully saturated rings. The summed E-state index contributed by atoms with van der Waals surface area (Å²) in [6, 6.07) is 8.04. The molecule has 0 radical (unpaired) electrons. The number of carbonyl (C=O) groups is 2. The highest BCUT2D eigenvalue weighted by atomic mass is 16.2. The Bertz CT molecular complexity index is 484. The molecule has 0 saturated carbocycles. The van der Waals surface area contributed by atoms with Crippen molar-refractivity contribution in [2.45, 2.75) is 19.9 Å². The molecule has 5 heteroatoms. The minimum atomic E-state index is -0.399. The van der Waals surface area contributed by atoms with Gasteiger partial charge >= 0.3 is 11.8 Å². The molecule has 1 aromatic rings. The van der Waals surface area contributed by atoms with Crippen LogP contribution >= 0.6 is 0 Å². The van der Waals surface area contributed by atoms with Crippen molar-refractivity contribution in [3.63, 3.8) is 0 Å². The maximum absolute atomic E-state index is 12.0. The number of piperazine rings is 1. The molecule has 108 valence electrons. The number of nitrogens with zero attached hydrogens (tertiary/aromatic N) is 2. The van der Waals surface area contributed by atoms with Gasteiger partial charge in [0.05, 0.1) is 0 Å². The monoisotopic (exact) mass is 275 g/mol. The van der Waals surface area contributed by atoms with Gasteiger partial charge in [0, 0.05) is 26.2 Å². The SMILES string of the molecule is CCN1CCN(Cc2ccc(CCN)cc2)C(=O)C1=O. The Morgan fingerprint density at radius 1 is 1.00 bits per heavy atom. The molecule has 1 aromatic carbocycles. The Balaban J connectivity index is 1.99. The number of benzene rings is 1. The summed E-state index contributed by atoms with van der Waals surface area (Å²) in [4.78, 5) is 27.0. The summed E-state index contributed by atoms with van der Waals surface area (Å²) in [5.41, 5.74) is 7.74. The minimum absolute atomic E-state index is 0.390. The average Bonchev–Trinajstić information content (AvgIpc) is 2.46. The molecule has 5 nitrogen and oxygen atoms in total. The summed E-state index contributed by atoms with van der Waals surface area (Å²) in [7, 11) is 0. The van der Waals surface area contributed by atoms with Gasteiger partial charge in [0.15, 0.2) is 0 Å². The Labute approximate surface area is 119 Å². The molecule has 1 aliphatic rings. The van der Waals surface area contributed by atoms with Crippen molar-refractivity contribution in [1.82, 2.24) is 9.80 Å². The molecule has 0 aliphatic carbocycles. The molecule has 2 rings (SSSR count). The van der Waals surface area contributed by atoms with Crippen molar-refractivity contribution in [3.8, 4) is 0 Å². The van der Waals surface area contributed by atoms with Gasteiger partial charge in [-0.2, -0.15) is 0 Å². The Morgan fingerprint density at radius 2 is 1.55 bits per heavy atom. The van der Waals surface area contributed by atoms with Gasteiger partial charge in [-0.1, -0.05) is 24.3 Å². The summed E-state index contributed by atoms with van der Waals surface area (Å²) in [5, 5.41) is 0. The zero-order valence-electron chi connectivity index (χ0n) is 11.8. The van der Waals surface area contributed by atoms with E-state index in [0.717, 1.165) is 12.0 Å². The number of hydrogen-bond donors (Lipinski definition) is 1. The second-order valence-corrected chi connectivity index (χ2v) is 4.97. The quantitative estimate of drug-likeness (QED) is 0.790. The third-order valence-electron chi connectivity index (χ3n) is 3.61. The molecule has 0 atom stereocenters. The van der Waals surface area contributed by atoms with E-state index in [2.05, 4.69) is 0 Å². The van der Waals surface area contributed by atoms with Gasteiger partial charge in [-0.3, -0.25) is 9.59 Å². The highest BCUT2D eigenvalue weighted by Crippen LogP contribution is 2.12. The highest BCUT2D eigenvalue weighted by Gasteiger charge is 2.31. The second-order valence-electron chi connectivity index (χ2n) is 4.97. The zero-order valence-corrected chi connectivity index (χ0v) is 11.8. The third-order valence-corrected chi connectivity index (χ3v) is 3.61. The first-order chi connectivity index (χ1) is 9.65. The van der Waals surface area contributed by atoms with Crippen LogP contribution in [-0.4, -0.2) is 47.8 Å². The Hall–Kier alpha value is -1.88. The van der Waals surface area contributed by atoms with Gasteiger partial charge in [-0.05, 0) is 31.0 Å². The fourth-order valence-electron chi connectivity index (χ4n) is 2.37. The molecule has 0 bridgehead atoms. The summed E-state index contributed by atoms with van der Waals surface area (Å²) in [6.07, 6.45) is 0.854. The molecule has 2 amide bonds. The lowest BCUT2D eigenvalue weighted by Crippen LogP contribution is -2.53. The summed E-state index contributed by atoms with van der Waals surface area (Å²) in [5.74, 6) is -0.789. The Morgan fingerprint density at radius 3 is 2.15 bits per heavy atom. The van der Waals surface area contributed by atoms with Crippen LogP contribution in [0.4, 0.5) is 0 Å². The van der Waals surface area contributed by atoms with Crippen molar-refractivity contribution in [2.24, 2.45) is 5.73 Å². The van der Waals surface area contributed by atoms with Gasteiger partial charge in [-0.25, -0.2) is 0 Å². The van der Waals surface area contributed by atoms with Crippen LogP contribution in [0, 0.1) is 0 Å². The molecule has 0 spiro atoms.